The first-order chi connectivity index (χ1) is 18.5. The van der Waals surface area contributed by atoms with E-state index in [2.05, 4.69) is 9.44 Å². The Morgan fingerprint density at radius 2 is 2.03 bits per heavy atom. The van der Waals surface area contributed by atoms with Crippen LogP contribution in [0.4, 0.5) is 14.9 Å². The zero-order valence-electron chi connectivity index (χ0n) is 21.6. The number of amides is 1. The maximum absolute atomic E-state index is 15.4. The summed E-state index contributed by atoms with van der Waals surface area (Å²) in [5.74, 6) is -0.691. The van der Waals surface area contributed by atoms with Crippen molar-refractivity contribution in [3.8, 4) is 5.75 Å². The number of halogens is 1. The molecule has 3 aromatic rings. The van der Waals surface area contributed by atoms with Crippen molar-refractivity contribution < 1.29 is 36.6 Å². The Hall–Kier alpha value is -3.56. The molecule has 1 atom stereocenters. The van der Waals surface area contributed by atoms with Crippen molar-refractivity contribution in [2.24, 2.45) is 0 Å². The molecule has 3 N–H and O–H groups in total. The molecule has 12 nitrogen and oxygen atoms in total. The number of fused-ring (bicyclic) bond motifs is 1. The third-order valence-electron chi connectivity index (χ3n) is 6.19. The highest BCUT2D eigenvalue weighted by atomic mass is 32.2. The molecule has 1 amide bonds. The summed E-state index contributed by atoms with van der Waals surface area (Å²) in [4.78, 5) is 28.2. The molecule has 0 radical (unpaired) electrons. The Balaban J connectivity index is 1.80. The minimum atomic E-state index is -3.98. The van der Waals surface area contributed by atoms with E-state index < -0.39 is 34.0 Å². The van der Waals surface area contributed by atoms with Gasteiger partial charge < -0.3 is 23.9 Å². The van der Waals surface area contributed by atoms with Gasteiger partial charge in [-0.05, 0) is 29.3 Å². The fourth-order valence-electron chi connectivity index (χ4n) is 4.09. The molecule has 1 aromatic heterocycles. The molecule has 0 saturated carbocycles. The second-order valence-corrected chi connectivity index (χ2v) is 10.7. The van der Waals surface area contributed by atoms with Crippen LogP contribution in [0.3, 0.4) is 0 Å². The van der Waals surface area contributed by atoms with Gasteiger partial charge >= 0.3 is 11.7 Å². The lowest BCUT2D eigenvalue weighted by Crippen LogP contribution is -2.45. The maximum atomic E-state index is 15.4. The average molecular weight is 565 g/mol. The van der Waals surface area contributed by atoms with Crippen LogP contribution < -0.4 is 19.8 Å². The number of benzene rings is 2. The number of aliphatic hydroxyl groups excluding tert-OH is 1. The van der Waals surface area contributed by atoms with Gasteiger partial charge in [0.05, 0.1) is 18.9 Å². The van der Waals surface area contributed by atoms with Crippen LogP contribution in [0.5, 0.6) is 5.75 Å². The molecule has 0 aliphatic carbocycles. The Kier molecular flexibility index (Phi) is 8.51. The van der Waals surface area contributed by atoms with E-state index in [1.165, 1.54) is 50.3 Å². The number of nitrogens with zero attached hydrogens (tertiary/aromatic N) is 2. The SMILES string of the molecule is CNS(=O)(=O)Nc1cccc(Cc2c(CN3CCOCC3O)c3ccc(OC(=O)N(C)C)cc3oc2=O)c1F. The van der Waals surface area contributed by atoms with Gasteiger partial charge in [-0.3, -0.25) is 9.62 Å². The van der Waals surface area contributed by atoms with Crippen LogP contribution in [0.1, 0.15) is 16.7 Å². The van der Waals surface area contributed by atoms with Crippen molar-refractivity contribution in [3.63, 3.8) is 0 Å². The van der Waals surface area contributed by atoms with Crippen molar-refractivity contribution in [2.45, 2.75) is 19.2 Å². The molecule has 2 aromatic carbocycles. The lowest BCUT2D eigenvalue weighted by molar-refractivity contribution is -0.109. The van der Waals surface area contributed by atoms with Crippen molar-refractivity contribution >= 4 is 33.0 Å². The van der Waals surface area contributed by atoms with E-state index in [0.29, 0.717) is 24.1 Å². The highest BCUT2D eigenvalue weighted by molar-refractivity contribution is 7.90. The highest BCUT2D eigenvalue weighted by Gasteiger charge is 2.25. The second kappa shape index (κ2) is 11.7. The molecule has 1 unspecified atom stereocenters. The second-order valence-electron chi connectivity index (χ2n) is 9.06. The quantitative estimate of drug-likeness (QED) is 0.347. The third-order valence-corrected chi connectivity index (χ3v) is 7.22. The largest absolute Gasteiger partial charge is 0.422 e. The summed E-state index contributed by atoms with van der Waals surface area (Å²) >= 11 is 0. The first kappa shape index (κ1) is 28.4. The van der Waals surface area contributed by atoms with Crippen LogP contribution in [0, 0.1) is 5.82 Å². The Morgan fingerprint density at radius 3 is 2.72 bits per heavy atom. The summed E-state index contributed by atoms with van der Waals surface area (Å²) in [6.45, 7) is 0.962. The van der Waals surface area contributed by atoms with Gasteiger partial charge in [0.25, 0.3) is 10.2 Å². The monoisotopic (exact) mass is 564 g/mol. The van der Waals surface area contributed by atoms with E-state index in [9.17, 15) is 23.1 Å². The van der Waals surface area contributed by atoms with Gasteiger partial charge in [-0.15, -0.1) is 0 Å². The highest BCUT2D eigenvalue weighted by Crippen LogP contribution is 2.29. The molecule has 1 aliphatic heterocycles. The van der Waals surface area contributed by atoms with Gasteiger partial charge in [0.2, 0.25) is 0 Å². The van der Waals surface area contributed by atoms with Crippen molar-refractivity contribution in [3.05, 3.63) is 69.3 Å². The van der Waals surface area contributed by atoms with Gasteiger partial charge in [-0.2, -0.15) is 8.42 Å². The molecular formula is C25H29FN4O8S. The lowest BCUT2D eigenvalue weighted by Gasteiger charge is -2.32. The van der Waals surface area contributed by atoms with Crippen LogP contribution >= 0.6 is 0 Å². The predicted molar refractivity (Wildman–Crippen MR) is 140 cm³/mol. The van der Waals surface area contributed by atoms with E-state index in [-0.39, 0.29) is 47.7 Å². The molecule has 39 heavy (non-hydrogen) atoms. The number of ether oxygens (including phenoxy) is 2. The summed E-state index contributed by atoms with van der Waals surface area (Å²) in [5.41, 5.74) is -0.235. The first-order valence-electron chi connectivity index (χ1n) is 12.0. The molecule has 1 aliphatic rings. The molecule has 1 saturated heterocycles. The summed E-state index contributed by atoms with van der Waals surface area (Å²) < 4.78 is 59.5. The van der Waals surface area contributed by atoms with E-state index in [1.807, 2.05) is 0 Å². The van der Waals surface area contributed by atoms with E-state index in [4.69, 9.17) is 13.9 Å². The van der Waals surface area contributed by atoms with Gasteiger partial charge in [0, 0.05) is 57.7 Å². The molecule has 14 heteroatoms. The summed E-state index contributed by atoms with van der Waals surface area (Å²) in [6, 6.07) is 8.74. The Morgan fingerprint density at radius 1 is 1.26 bits per heavy atom. The van der Waals surface area contributed by atoms with E-state index >= 15 is 4.39 Å². The zero-order chi connectivity index (χ0) is 28.3. The van der Waals surface area contributed by atoms with Gasteiger partial charge in [-0.1, -0.05) is 12.1 Å². The number of nitrogens with one attached hydrogen (secondary N) is 2. The number of hydrogen-bond donors (Lipinski definition) is 3. The number of hydrogen-bond acceptors (Lipinski definition) is 9. The number of aliphatic hydroxyl groups is 1. The minimum Gasteiger partial charge on any atom is -0.422 e. The van der Waals surface area contributed by atoms with Gasteiger partial charge in [0.15, 0.2) is 5.82 Å². The van der Waals surface area contributed by atoms with Crippen molar-refractivity contribution in [1.82, 2.24) is 14.5 Å². The van der Waals surface area contributed by atoms with Gasteiger partial charge in [-0.25, -0.2) is 18.7 Å². The van der Waals surface area contributed by atoms with Crippen LogP contribution in [0.15, 0.2) is 45.6 Å². The molecule has 0 spiro atoms. The molecule has 210 valence electrons. The number of carbonyl (C=O) groups excluding carboxylic acids is 1. The standard InChI is InChI=1S/C25H29FN4O8S/c1-27-39(34,35)28-20-6-4-5-15(23(20)26)11-18-19(13-30-9-10-36-14-22(30)31)17-8-7-16(37-25(33)29(2)3)12-21(17)38-24(18)32/h4-8,12,22,27-28,31H,9-11,13-14H2,1-3H3. The van der Waals surface area contributed by atoms with E-state index in [0.717, 1.165) is 0 Å². The smallest absolute Gasteiger partial charge is 0.414 e. The molecule has 1 fully saturated rings. The van der Waals surface area contributed by atoms with Crippen LogP contribution in [-0.2, 0) is 27.9 Å². The summed E-state index contributed by atoms with van der Waals surface area (Å²) in [5, 5.41) is 11.0. The third kappa shape index (κ3) is 6.54. The number of carbonyl (C=O) groups is 1. The predicted octanol–water partition coefficient (Wildman–Crippen LogP) is 1.61. The minimum absolute atomic E-state index is 0.0539. The fraction of sp³-hybridized carbons (Fsp3) is 0.360. The normalized spacial score (nSPS) is 16.3. The number of rotatable bonds is 8. The van der Waals surface area contributed by atoms with Crippen molar-refractivity contribution in [2.75, 3.05) is 45.6 Å². The van der Waals surface area contributed by atoms with Crippen LogP contribution in [-0.4, -0.2) is 76.5 Å². The van der Waals surface area contributed by atoms with E-state index in [1.54, 1.807) is 17.0 Å². The first-order valence-corrected chi connectivity index (χ1v) is 13.4. The number of morpholine rings is 1. The molecule has 4 rings (SSSR count). The maximum Gasteiger partial charge on any atom is 0.414 e. The van der Waals surface area contributed by atoms with Crippen molar-refractivity contribution in [1.29, 1.82) is 0 Å². The molecule has 0 bridgehead atoms. The lowest BCUT2D eigenvalue weighted by atomic mass is 9.97. The average Bonchev–Trinajstić information content (AvgIpc) is 2.89. The topological polar surface area (TPSA) is 151 Å². The Labute approximate surface area is 224 Å². The van der Waals surface area contributed by atoms with Crippen LogP contribution in [0.25, 0.3) is 11.0 Å². The summed E-state index contributed by atoms with van der Waals surface area (Å²) in [6.07, 6.45) is -1.76. The zero-order valence-corrected chi connectivity index (χ0v) is 22.4. The summed E-state index contributed by atoms with van der Waals surface area (Å²) in [7, 11) is 0.260. The molecular weight excluding hydrogens is 535 g/mol. The van der Waals surface area contributed by atoms with Crippen LogP contribution in [0.2, 0.25) is 0 Å². The number of anilines is 1. The molecule has 2 heterocycles. The fourth-order valence-corrected chi connectivity index (χ4v) is 4.64. The Bertz CT molecular complexity index is 1540. The van der Waals surface area contributed by atoms with Gasteiger partial charge in [0.1, 0.15) is 17.6 Å².